The molecule has 0 unspecified atom stereocenters. The Balaban J connectivity index is 1.73. The third-order valence-corrected chi connectivity index (χ3v) is 3.62. The SMILES string of the molecule is C[C@@H](NC[C@@H]1CCN(CC(F)(F)F)C1)c1ccccn1. The molecule has 1 aliphatic rings. The highest BCUT2D eigenvalue weighted by atomic mass is 19.4. The number of nitrogens with zero attached hydrogens (tertiary/aromatic N) is 2. The van der Waals surface area contributed by atoms with Gasteiger partial charge in [-0.3, -0.25) is 9.88 Å². The molecule has 3 nitrogen and oxygen atoms in total. The van der Waals surface area contributed by atoms with E-state index in [0.717, 1.165) is 18.7 Å². The molecule has 1 N–H and O–H groups in total. The van der Waals surface area contributed by atoms with Crippen LogP contribution in [0.1, 0.15) is 25.1 Å². The zero-order valence-electron chi connectivity index (χ0n) is 11.5. The molecular weight excluding hydrogens is 267 g/mol. The smallest absolute Gasteiger partial charge is 0.309 e. The van der Waals surface area contributed by atoms with E-state index in [4.69, 9.17) is 0 Å². The quantitative estimate of drug-likeness (QED) is 0.902. The minimum absolute atomic E-state index is 0.118. The molecule has 2 atom stereocenters. The fraction of sp³-hybridized carbons (Fsp3) is 0.643. The Morgan fingerprint density at radius 2 is 2.25 bits per heavy atom. The van der Waals surface area contributed by atoms with E-state index in [1.54, 1.807) is 6.20 Å². The largest absolute Gasteiger partial charge is 0.401 e. The Labute approximate surface area is 117 Å². The number of hydrogen-bond acceptors (Lipinski definition) is 3. The van der Waals surface area contributed by atoms with E-state index in [1.165, 1.54) is 4.90 Å². The van der Waals surface area contributed by atoms with Crippen molar-refractivity contribution < 1.29 is 13.2 Å². The molecule has 0 aromatic carbocycles. The van der Waals surface area contributed by atoms with E-state index in [1.807, 2.05) is 25.1 Å². The van der Waals surface area contributed by atoms with Gasteiger partial charge in [0.15, 0.2) is 0 Å². The van der Waals surface area contributed by atoms with Gasteiger partial charge >= 0.3 is 6.18 Å². The summed E-state index contributed by atoms with van der Waals surface area (Å²) in [6, 6.07) is 5.86. The van der Waals surface area contributed by atoms with Gasteiger partial charge in [0.05, 0.1) is 12.2 Å². The molecule has 0 amide bonds. The second kappa shape index (κ2) is 6.54. The third kappa shape index (κ3) is 4.76. The fourth-order valence-corrected chi connectivity index (χ4v) is 2.56. The minimum atomic E-state index is -4.09. The molecule has 2 rings (SSSR count). The maximum atomic E-state index is 12.3. The number of likely N-dealkylation sites (tertiary alicyclic amines) is 1. The van der Waals surface area contributed by atoms with Crippen molar-refractivity contribution in [3.8, 4) is 0 Å². The summed E-state index contributed by atoms with van der Waals surface area (Å²) < 4.78 is 36.9. The molecule has 1 aliphatic heterocycles. The van der Waals surface area contributed by atoms with Crippen molar-refractivity contribution in [1.29, 1.82) is 0 Å². The highest BCUT2D eigenvalue weighted by Gasteiger charge is 2.34. The summed E-state index contributed by atoms with van der Waals surface area (Å²) in [6.45, 7) is 3.00. The molecule has 1 aromatic rings. The first-order chi connectivity index (χ1) is 9.44. The van der Waals surface area contributed by atoms with Crippen LogP contribution in [0.25, 0.3) is 0 Å². The molecular formula is C14H20F3N3. The van der Waals surface area contributed by atoms with Gasteiger partial charge in [-0.1, -0.05) is 6.07 Å². The zero-order chi connectivity index (χ0) is 14.6. The number of rotatable bonds is 5. The molecule has 1 aromatic heterocycles. The van der Waals surface area contributed by atoms with Crippen molar-refractivity contribution >= 4 is 0 Å². The Hall–Kier alpha value is -1.14. The van der Waals surface area contributed by atoms with Crippen molar-refractivity contribution in [2.45, 2.75) is 25.6 Å². The number of halogens is 3. The summed E-state index contributed by atoms with van der Waals surface area (Å²) in [5, 5.41) is 3.35. The van der Waals surface area contributed by atoms with E-state index in [9.17, 15) is 13.2 Å². The highest BCUT2D eigenvalue weighted by molar-refractivity contribution is 5.07. The molecule has 0 aliphatic carbocycles. The normalized spacial score (nSPS) is 22.1. The van der Waals surface area contributed by atoms with E-state index in [0.29, 0.717) is 13.1 Å². The van der Waals surface area contributed by atoms with Gasteiger partial charge in [-0.05, 0) is 44.5 Å². The van der Waals surface area contributed by atoms with Crippen LogP contribution in [-0.2, 0) is 0 Å². The molecule has 6 heteroatoms. The van der Waals surface area contributed by atoms with Gasteiger partial charge < -0.3 is 5.32 Å². The van der Waals surface area contributed by atoms with Crippen molar-refractivity contribution in [3.63, 3.8) is 0 Å². The summed E-state index contributed by atoms with van der Waals surface area (Å²) in [4.78, 5) is 5.75. The number of hydrogen-bond donors (Lipinski definition) is 1. The number of aromatic nitrogens is 1. The van der Waals surface area contributed by atoms with E-state index < -0.39 is 12.7 Å². The van der Waals surface area contributed by atoms with Crippen molar-refractivity contribution in [2.75, 3.05) is 26.2 Å². The van der Waals surface area contributed by atoms with Gasteiger partial charge in [0.1, 0.15) is 0 Å². The van der Waals surface area contributed by atoms with Gasteiger partial charge in [-0.2, -0.15) is 13.2 Å². The van der Waals surface area contributed by atoms with Crippen LogP contribution in [0.15, 0.2) is 24.4 Å². The van der Waals surface area contributed by atoms with Gasteiger partial charge in [-0.25, -0.2) is 0 Å². The van der Waals surface area contributed by atoms with Gasteiger partial charge in [0.25, 0.3) is 0 Å². The lowest BCUT2D eigenvalue weighted by molar-refractivity contribution is -0.143. The van der Waals surface area contributed by atoms with Crippen LogP contribution in [0, 0.1) is 5.92 Å². The van der Waals surface area contributed by atoms with Gasteiger partial charge in [0, 0.05) is 18.8 Å². The van der Waals surface area contributed by atoms with Crippen molar-refractivity contribution in [2.24, 2.45) is 5.92 Å². The van der Waals surface area contributed by atoms with Crippen LogP contribution in [-0.4, -0.2) is 42.2 Å². The van der Waals surface area contributed by atoms with Gasteiger partial charge in [0.2, 0.25) is 0 Å². The lowest BCUT2D eigenvalue weighted by atomic mass is 10.1. The number of alkyl halides is 3. The molecule has 0 bridgehead atoms. The molecule has 2 heterocycles. The monoisotopic (exact) mass is 287 g/mol. The maximum absolute atomic E-state index is 12.3. The second-order valence-electron chi connectivity index (χ2n) is 5.39. The second-order valence-corrected chi connectivity index (χ2v) is 5.39. The molecule has 112 valence electrons. The Kier molecular flexibility index (Phi) is 4.99. The Morgan fingerprint density at radius 1 is 1.45 bits per heavy atom. The third-order valence-electron chi connectivity index (χ3n) is 3.62. The summed E-state index contributed by atoms with van der Waals surface area (Å²) in [5.74, 6) is 0.281. The van der Waals surface area contributed by atoms with Crippen LogP contribution < -0.4 is 5.32 Å². The summed E-state index contributed by atoms with van der Waals surface area (Å²) in [7, 11) is 0. The summed E-state index contributed by atoms with van der Waals surface area (Å²) >= 11 is 0. The van der Waals surface area contributed by atoms with Crippen molar-refractivity contribution in [3.05, 3.63) is 30.1 Å². The fourth-order valence-electron chi connectivity index (χ4n) is 2.56. The molecule has 0 spiro atoms. The van der Waals surface area contributed by atoms with E-state index in [2.05, 4.69) is 10.3 Å². The average Bonchev–Trinajstić information content (AvgIpc) is 2.82. The first-order valence-electron chi connectivity index (χ1n) is 6.87. The van der Waals surface area contributed by atoms with E-state index in [-0.39, 0.29) is 12.0 Å². The molecule has 20 heavy (non-hydrogen) atoms. The lowest BCUT2D eigenvalue weighted by Gasteiger charge is -2.19. The standard InChI is InChI=1S/C14H20F3N3/c1-11(13-4-2-3-6-18-13)19-8-12-5-7-20(9-12)10-14(15,16)17/h2-4,6,11-12,19H,5,7-10H2,1H3/t11-,12+/m1/s1. The molecule has 1 fully saturated rings. The summed E-state index contributed by atoms with van der Waals surface area (Å²) in [6.07, 6.45) is -1.53. The average molecular weight is 287 g/mol. The topological polar surface area (TPSA) is 28.2 Å². The van der Waals surface area contributed by atoms with Crippen LogP contribution in [0.2, 0.25) is 0 Å². The van der Waals surface area contributed by atoms with Crippen LogP contribution in [0.3, 0.4) is 0 Å². The van der Waals surface area contributed by atoms with Crippen LogP contribution in [0.4, 0.5) is 13.2 Å². The Morgan fingerprint density at radius 3 is 2.90 bits per heavy atom. The molecule has 0 radical (unpaired) electrons. The first-order valence-corrected chi connectivity index (χ1v) is 6.87. The predicted octanol–water partition coefficient (Wildman–Crippen LogP) is 2.62. The number of nitrogens with one attached hydrogen (secondary N) is 1. The maximum Gasteiger partial charge on any atom is 0.401 e. The van der Waals surface area contributed by atoms with Crippen molar-refractivity contribution in [1.82, 2.24) is 15.2 Å². The highest BCUT2D eigenvalue weighted by Crippen LogP contribution is 2.22. The number of pyridine rings is 1. The van der Waals surface area contributed by atoms with Crippen LogP contribution >= 0.6 is 0 Å². The Bertz CT molecular complexity index is 408. The lowest BCUT2D eigenvalue weighted by Crippen LogP contribution is -2.34. The summed E-state index contributed by atoms with van der Waals surface area (Å²) in [5.41, 5.74) is 0.956. The van der Waals surface area contributed by atoms with Crippen LogP contribution in [0.5, 0.6) is 0 Å². The zero-order valence-corrected chi connectivity index (χ0v) is 11.5. The minimum Gasteiger partial charge on any atom is -0.309 e. The van der Waals surface area contributed by atoms with E-state index >= 15 is 0 Å². The first kappa shape index (κ1) is 15.3. The predicted molar refractivity (Wildman–Crippen MR) is 71.3 cm³/mol. The molecule has 0 saturated carbocycles. The van der Waals surface area contributed by atoms with Gasteiger partial charge in [-0.15, -0.1) is 0 Å². The molecule has 1 saturated heterocycles.